The summed E-state index contributed by atoms with van der Waals surface area (Å²) in [6, 6.07) is 23.0. The lowest BCUT2D eigenvalue weighted by atomic mass is 10.1. The molecule has 0 fully saturated rings. The van der Waals surface area contributed by atoms with E-state index in [1.54, 1.807) is 9.80 Å². The van der Waals surface area contributed by atoms with Gasteiger partial charge in [0, 0.05) is 11.4 Å². The zero-order valence-electron chi connectivity index (χ0n) is 21.8. The summed E-state index contributed by atoms with van der Waals surface area (Å²) in [7, 11) is 0. The molecule has 1 aliphatic heterocycles. The molecule has 38 heavy (non-hydrogen) atoms. The number of nitrogens with zero attached hydrogens (tertiary/aromatic N) is 8. The third-order valence-electron chi connectivity index (χ3n) is 5.62. The van der Waals surface area contributed by atoms with Gasteiger partial charge in [0.2, 0.25) is 0 Å². The van der Waals surface area contributed by atoms with Gasteiger partial charge in [0.05, 0.1) is 11.4 Å². The number of aromatic nitrogens is 4. The Morgan fingerprint density at radius 2 is 0.921 bits per heavy atom. The van der Waals surface area contributed by atoms with E-state index in [0.29, 0.717) is 34.7 Å². The topological polar surface area (TPSA) is 106 Å². The molecule has 2 aromatic carbocycles. The monoisotopic (exact) mass is 498 g/mol. The van der Waals surface area contributed by atoms with Crippen molar-refractivity contribution in [1.82, 2.24) is 19.9 Å². The van der Waals surface area contributed by atoms with Gasteiger partial charge in [-0.1, -0.05) is 63.4 Å². The van der Waals surface area contributed by atoms with Crippen LogP contribution in [-0.2, 0) is 0 Å². The van der Waals surface area contributed by atoms with Gasteiger partial charge in [0.25, 0.3) is 0 Å². The number of rotatable bonds is 4. The fourth-order valence-corrected chi connectivity index (χ4v) is 4.03. The Morgan fingerprint density at radius 3 is 1.21 bits per heavy atom. The van der Waals surface area contributed by atoms with E-state index in [-0.39, 0.29) is 11.4 Å². The number of hydrogen-bond acceptors (Lipinski definition) is 8. The SMILES string of the molecule is C=C(C)c1nc2c(nc1C(=C)C)N(c1ccccc1)c1nc(C#N)c(C#N)nc1N2c1ccccc1.CC. The molecule has 0 aliphatic carbocycles. The van der Waals surface area contributed by atoms with Crippen molar-refractivity contribution in [2.24, 2.45) is 0 Å². The number of anilines is 6. The molecule has 4 aromatic rings. The molecule has 186 valence electrons. The van der Waals surface area contributed by atoms with E-state index in [1.807, 2.05) is 100 Å². The van der Waals surface area contributed by atoms with Crippen LogP contribution in [-0.4, -0.2) is 19.9 Å². The third kappa shape index (κ3) is 4.36. The standard InChI is InChI=1S/C28H20N8.C2H6/c1-17(2)23-24(18(3)4)34-28-27(33-23)35(19-11-7-5-8-12-19)25-26(32-22(16-30)21(15-29)31-25)36(28)20-13-9-6-10-14-20;1-2/h5-14H,1,3H2,2,4H3;1-2H3. The zero-order chi connectivity index (χ0) is 27.4. The minimum Gasteiger partial charge on any atom is -0.273 e. The van der Waals surface area contributed by atoms with Crippen molar-refractivity contribution in [2.45, 2.75) is 27.7 Å². The van der Waals surface area contributed by atoms with Gasteiger partial charge in [-0.25, -0.2) is 19.9 Å². The van der Waals surface area contributed by atoms with Crippen molar-refractivity contribution >= 4 is 45.8 Å². The van der Waals surface area contributed by atoms with Crippen LogP contribution < -0.4 is 9.80 Å². The number of para-hydroxylation sites is 2. The van der Waals surface area contributed by atoms with Crippen LogP contribution in [0.1, 0.15) is 50.5 Å². The van der Waals surface area contributed by atoms with Crippen LogP contribution in [0.3, 0.4) is 0 Å². The number of nitriles is 2. The molecule has 8 heteroatoms. The predicted octanol–water partition coefficient (Wildman–Crippen LogP) is 7.36. The molecular formula is C30H26N8. The van der Waals surface area contributed by atoms with Crippen molar-refractivity contribution in [2.75, 3.05) is 9.80 Å². The maximum atomic E-state index is 9.72. The minimum absolute atomic E-state index is 0.0692. The molecule has 2 aromatic heterocycles. The van der Waals surface area contributed by atoms with Gasteiger partial charge >= 0.3 is 0 Å². The van der Waals surface area contributed by atoms with Crippen molar-refractivity contribution in [3.05, 3.63) is 96.6 Å². The maximum absolute atomic E-state index is 9.72. The Hall–Kier alpha value is -5.34. The van der Waals surface area contributed by atoms with Crippen LogP contribution in [0.25, 0.3) is 11.1 Å². The van der Waals surface area contributed by atoms with Crippen LogP contribution in [0, 0.1) is 22.7 Å². The van der Waals surface area contributed by atoms with Gasteiger partial charge in [0.15, 0.2) is 34.7 Å². The lowest BCUT2D eigenvalue weighted by Crippen LogP contribution is -2.29. The molecule has 0 bridgehead atoms. The van der Waals surface area contributed by atoms with Crippen LogP contribution in [0.5, 0.6) is 0 Å². The van der Waals surface area contributed by atoms with Crippen LogP contribution in [0.15, 0.2) is 73.8 Å². The summed E-state index contributed by atoms with van der Waals surface area (Å²) < 4.78 is 0. The van der Waals surface area contributed by atoms with Crippen molar-refractivity contribution in [1.29, 1.82) is 10.5 Å². The van der Waals surface area contributed by atoms with Gasteiger partial charge in [-0.2, -0.15) is 10.5 Å². The van der Waals surface area contributed by atoms with Gasteiger partial charge < -0.3 is 0 Å². The number of benzene rings is 2. The largest absolute Gasteiger partial charge is 0.273 e. The average Bonchev–Trinajstić information content (AvgIpc) is 2.96. The zero-order valence-corrected chi connectivity index (χ0v) is 21.8. The number of fused-ring (bicyclic) bond motifs is 2. The number of allylic oxidation sites excluding steroid dienone is 2. The molecule has 3 heterocycles. The molecule has 0 atom stereocenters. The van der Waals surface area contributed by atoms with Crippen LogP contribution in [0.4, 0.5) is 34.6 Å². The van der Waals surface area contributed by atoms with E-state index in [4.69, 9.17) is 9.97 Å². The summed E-state index contributed by atoms with van der Waals surface area (Å²) in [6.45, 7) is 15.9. The molecule has 0 amide bonds. The molecule has 0 radical (unpaired) electrons. The average molecular weight is 499 g/mol. The summed E-state index contributed by atoms with van der Waals surface area (Å²) in [6.07, 6.45) is 0. The second kappa shape index (κ2) is 10.7. The van der Waals surface area contributed by atoms with E-state index in [0.717, 1.165) is 22.5 Å². The smallest absolute Gasteiger partial charge is 0.184 e. The quantitative estimate of drug-likeness (QED) is 0.253. The van der Waals surface area contributed by atoms with E-state index in [2.05, 4.69) is 23.1 Å². The first-order valence-electron chi connectivity index (χ1n) is 12.1. The summed E-state index contributed by atoms with van der Waals surface area (Å²) in [5.74, 6) is 1.70. The first-order chi connectivity index (χ1) is 18.4. The Morgan fingerprint density at radius 1 is 0.605 bits per heavy atom. The maximum Gasteiger partial charge on any atom is 0.184 e. The molecule has 1 aliphatic rings. The fraction of sp³-hybridized carbons (Fsp3) is 0.133. The summed E-state index contributed by atoms with van der Waals surface area (Å²) in [5.41, 5.74) is 4.05. The van der Waals surface area contributed by atoms with Gasteiger partial charge in [0.1, 0.15) is 12.1 Å². The third-order valence-corrected chi connectivity index (χ3v) is 5.62. The highest BCUT2D eigenvalue weighted by molar-refractivity contribution is 5.97. The molecule has 0 saturated heterocycles. The highest BCUT2D eigenvalue weighted by atomic mass is 15.4. The van der Waals surface area contributed by atoms with E-state index < -0.39 is 0 Å². The van der Waals surface area contributed by atoms with Crippen LogP contribution >= 0.6 is 0 Å². The van der Waals surface area contributed by atoms with Gasteiger partial charge in [-0.15, -0.1) is 0 Å². The van der Waals surface area contributed by atoms with Gasteiger partial charge in [-0.05, 0) is 49.3 Å². The summed E-state index contributed by atoms with van der Waals surface area (Å²) >= 11 is 0. The predicted molar refractivity (Wildman–Crippen MR) is 151 cm³/mol. The summed E-state index contributed by atoms with van der Waals surface area (Å²) in [4.78, 5) is 22.8. The first-order valence-corrected chi connectivity index (χ1v) is 12.1. The number of hydrogen-bond donors (Lipinski definition) is 0. The molecule has 0 spiro atoms. The van der Waals surface area contributed by atoms with Crippen molar-refractivity contribution < 1.29 is 0 Å². The molecule has 0 N–H and O–H groups in total. The van der Waals surface area contributed by atoms with E-state index in [1.165, 1.54) is 0 Å². The van der Waals surface area contributed by atoms with Crippen LogP contribution in [0.2, 0.25) is 0 Å². The Balaban J connectivity index is 0.00000164. The normalized spacial score (nSPS) is 11.2. The van der Waals surface area contributed by atoms with Crippen molar-refractivity contribution in [3.8, 4) is 12.1 Å². The molecule has 0 unspecified atom stereocenters. The highest BCUT2D eigenvalue weighted by Gasteiger charge is 2.37. The second-order valence-electron chi connectivity index (χ2n) is 8.26. The Kier molecular flexibility index (Phi) is 7.27. The lowest BCUT2D eigenvalue weighted by molar-refractivity contribution is 0.965. The van der Waals surface area contributed by atoms with E-state index in [9.17, 15) is 10.5 Å². The second-order valence-corrected chi connectivity index (χ2v) is 8.26. The highest BCUT2D eigenvalue weighted by Crippen LogP contribution is 2.51. The fourth-order valence-electron chi connectivity index (χ4n) is 4.03. The molecule has 8 nitrogen and oxygen atoms in total. The molecule has 0 saturated carbocycles. The summed E-state index contributed by atoms with van der Waals surface area (Å²) in [5, 5.41) is 19.4. The van der Waals surface area contributed by atoms with Gasteiger partial charge in [-0.3, -0.25) is 9.80 Å². The Labute approximate surface area is 222 Å². The first kappa shape index (κ1) is 25.7. The minimum atomic E-state index is -0.0692. The molecule has 5 rings (SSSR count). The molecular weight excluding hydrogens is 472 g/mol. The van der Waals surface area contributed by atoms with Crippen molar-refractivity contribution in [3.63, 3.8) is 0 Å². The Bertz CT molecular complexity index is 1490. The lowest BCUT2D eigenvalue weighted by Gasteiger charge is -2.37. The van der Waals surface area contributed by atoms with E-state index >= 15 is 0 Å².